The van der Waals surface area contributed by atoms with Crippen LogP contribution in [0.2, 0.25) is 0 Å². The van der Waals surface area contributed by atoms with Crippen molar-refractivity contribution in [2.45, 2.75) is 19.4 Å². The van der Waals surface area contributed by atoms with Crippen LogP contribution in [0.4, 0.5) is 0 Å². The third kappa shape index (κ3) is 3.44. The molecule has 1 aromatic rings. The molecule has 0 aromatic heterocycles. The van der Waals surface area contributed by atoms with Crippen molar-refractivity contribution < 1.29 is 9.47 Å². The second-order valence-corrected chi connectivity index (χ2v) is 5.88. The number of nitrogens with zero attached hydrogens (tertiary/aromatic N) is 1. The normalized spacial score (nSPS) is 22.8. The van der Waals surface area contributed by atoms with Crippen LogP contribution in [0.25, 0.3) is 0 Å². The van der Waals surface area contributed by atoms with E-state index in [1.165, 1.54) is 31.5 Å². The van der Waals surface area contributed by atoms with Crippen molar-refractivity contribution in [3.63, 3.8) is 0 Å². The zero-order valence-electron chi connectivity index (χ0n) is 12.2. The molecule has 110 valence electrons. The summed E-state index contributed by atoms with van der Waals surface area (Å²) >= 11 is 0. The van der Waals surface area contributed by atoms with Gasteiger partial charge in [-0.25, -0.2) is 0 Å². The van der Waals surface area contributed by atoms with E-state index in [9.17, 15) is 0 Å². The van der Waals surface area contributed by atoms with Crippen LogP contribution < -0.4 is 14.8 Å². The van der Waals surface area contributed by atoms with Crippen LogP contribution >= 0.6 is 0 Å². The Hall–Kier alpha value is -1.26. The van der Waals surface area contributed by atoms with Crippen molar-refractivity contribution in [2.75, 3.05) is 39.9 Å². The van der Waals surface area contributed by atoms with Crippen LogP contribution in [0.3, 0.4) is 0 Å². The summed E-state index contributed by atoms with van der Waals surface area (Å²) in [6.45, 7) is 5.76. The fraction of sp³-hybridized carbons (Fsp3) is 0.625. The largest absolute Gasteiger partial charge is 0.486 e. The van der Waals surface area contributed by atoms with Crippen molar-refractivity contribution in [2.24, 2.45) is 5.92 Å². The number of hydrogen-bond acceptors (Lipinski definition) is 4. The van der Waals surface area contributed by atoms with Gasteiger partial charge in [-0.05, 0) is 56.6 Å². The van der Waals surface area contributed by atoms with E-state index < -0.39 is 0 Å². The Morgan fingerprint density at radius 3 is 2.95 bits per heavy atom. The van der Waals surface area contributed by atoms with Gasteiger partial charge in [0.25, 0.3) is 0 Å². The number of likely N-dealkylation sites (tertiary alicyclic amines) is 1. The summed E-state index contributed by atoms with van der Waals surface area (Å²) in [5, 5.41) is 3.58. The average molecular weight is 276 g/mol. The van der Waals surface area contributed by atoms with Crippen LogP contribution in [-0.4, -0.2) is 44.8 Å². The molecule has 0 unspecified atom stereocenters. The highest BCUT2D eigenvalue weighted by atomic mass is 16.6. The lowest BCUT2D eigenvalue weighted by Crippen LogP contribution is -2.37. The third-order valence-corrected chi connectivity index (χ3v) is 4.09. The third-order valence-electron chi connectivity index (χ3n) is 4.09. The topological polar surface area (TPSA) is 33.7 Å². The average Bonchev–Trinajstić information content (AvgIpc) is 2.47. The maximum atomic E-state index is 5.62. The summed E-state index contributed by atoms with van der Waals surface area (Å²) in [6.07, 6.45) is 2.67. The molecule has 1 N–H and O–H groups in total. The molecule has 20 heavy (non-hydrogen) atoms. The summed E-state index contributed by atoms with van der Waals surface area (Å²) < 4.78 is 11.2. The van der Waals surface area contributed by atoms with Crippen molar-refractivity contribution in [1.29, 1.82) is 0 Å². The number of piperidine rings is 1. The first-order valence-electron chi connectivity index (χ1n) is 7.59. The quantitative estimate of drug-likeness (QED) is 0.910. The lowest BCUT2D eigenvalue weighted by Gasteiger charge is -2.29. The first-order valence-corrected chi connectivity index (χ1v) is 7.59. The maximum Gasteiger partial charge on any atom is 0.161 e. The standard InChI is InChI=1S/C16H24N2O2/c1-18-6-2-3-14(12-18)11-17-10-13-4-5-15-16(9-13)20-8-7-19-15/h4-5,9,14,17H,2-3,6-8,10-12H2,1H3/t14-/m1/s1. The highest BCUT2D eigenvalue weighted by molar-refractivity contribution is 5.43. The molecule has 1 atom stereocenters. The van der Waals surface area contributed by atoms with Crippen molar-refractivity contribution in [3.05, 3.63) is 23.8 Å². The molecule has 0 radical (unpaired) electrons. The van der Waals surface area contributed by atoms with Gasteiger partial charge >= 0.3 is 0 Å². The minimum absolute atomic E-state index is 0.651. The van der Waals surface area contributed by atoms with E-state index in [2.05, 4.69) is 29.4 Å². The number of ether oxygens (including phenoxy) is 2. The van der Waals surface area contributed by atoms with E-state index in [0.29, 0.717) is 13.2 Å². The van der Waals surface area contributed by atoms with E-state index in [1.807, 2.05) is 6.07 Å². The molecular formula is C16H24N2O2. The van der Waals surface area contributed by atoms with Gasteiger partial charge in [-0.1, -0.05) is 6.07 Å². The summed E-state index contributed by atoms with van der Waals surface area (Å²) in [5.41, 5.74) is 1.26. The number of hydrogen-bond donors (Lipinski definition) is 1. The zero-order chi connectivity index (χ0) is 13.8. The Bertz CT molecular complexity index is 450. The minimum Gasteiger partial charge on any atom is -0.486 e. The van der Waals surface area contributed by atoms with Gasteiger partial charge in [0.05, 0.1) is 0 Å². The van der Waals surface area contributed by atoms with Crippen LogP contribution in [0.1, 0.15) is 18.4 Å². The number of nitrogens with one attached hydrogen (secondary N) is 1. The monoisotopic (exact) mass is 276 g/mol. The molecule has 1 fully saturated rings. The van der Waals surface area contributed by atoms with Crippen molar-refractivity contribution in [1.82, 2.24) is 10.2 Å². The minimum atomic E-state index is 0.651. The van der Waals surface area contributed by atoms with Crippen LogP contribution in [0, 0.1) is 5.92 Å². The zero-order valence-corrected chi connectivity index (χ0v) is 12.2. The predicted octanol–water partition coefficient (Wildman–Crippen LogP) is 1.89. The molecule has 0 bridgehead atoms. The van der Waals surface area contributed by atoms with Crippen molar-refractivity contribution >= 4 is 0 Å². The van der Waals surface area contributed by atoms with Crippen molar-refractivity contribution in [3.8, 4) is 11.5 Å². The maximum absolute atomic E-state index is 5.62. The molecule has 0 spiro atoms. The van der Waals surface area contributed by atoms with E-state index >= 15 is 0 Å². The van der Waals surface area contributed by atoms with Gasteiger partial charge in [0.15, 0.2) is 11.5 Å². The number of rotatable bonds is 4. The molecule has 4 nitrogen and oxygen atoms in total. The SMILES string of the molecule is CN1CCC[C@H](CNCc2ccc3c(c2)OCCO3)C1. The predicted molar refractivity (Wildman–Crippen MR) is 79.4 cm³/mol. The molecule has 2 heterocycles. The Kier molecular flexibility index (Phi) is 4.43. The molecule has 1 saturated heterocycles. The molecule has 0 aliphatic carbocycles. The van der Waals surface area contributed by atoms with E-state index in [1.54, 1.807) is 0 Å². The molecular weight excluding hydrogens is 252 g/mol. The fourth-order valence-electron chi connectivity index (χ4n) is 3.06. The molecule has 0 amide bonds. The lowest BCUT2D eigenvalue weighted by atomic mass is 9.98. The van der Waals surface area contributed by atoms with Crippen LogP contribution in [0.15, 0.2) is 18.2 Å². The van der Waals surface area contributed by atoms with E-state index in [4.69, 9.17) is 9.47 Å². The first kappa shape index (κ1) is 13.7. The Morgan fingerprint density at radius 1 is 1.25 bits per heavy atom. The second kappa shape index (κ2) is 6.46. The molecule has 1 aromatic carbocycles. The summed E-state index contributed by atoms with van der Waals surface area (Å²) in [7, 11) is 2.22. The molecule has 3 rings (SSSR count). The Labute approximate surface area is 121 Å². The smallest absolute Gasteiger partial charge is 0.161 e. The molecule has 0 saturated carbocycles. The highest BCUT2D eigenvalue weighted by Crippen LogP contribution is 2.30. The number of fused-ring (bicyclic) bond motifs is 1. The summed E-state index contributed by atoms with van der Waals surface area (Å²) in [6, 6.07) is 6.22. The molecule has 2 aliphatic rings. The van der Waals surface area contributed by atoms with Gasteiger partial charge in [0.1, 0.15) is 13.2 Å². The molecule has 2 aliphatic heterocycles. The van der Waals surface area contributed by atoms with Gasteiger partial charge in [0.2, 0.25) is 0 Å². The fourth-order valence-corrected chi connectivity index (χ4v) is 3.06. The second-order valence-electron chi connectivity index (χ2n) is 5.88. The number of benzene rings is 1. The van der Waals surface area contributed by atoms with Crippen LogP contribution in [-0.2, 0) is 6.54 Å². The summed E-state index contributed by atoms with van der Waals surface area (Å²) in [5.74, 6) is 2.54. The Morgan fingerprint density at radius 2 is 2.10 bits per heavy atom. The lowest BCUT2D eigenvalue weighted by molar-refractivity contribution is 0.171. The highest BCUT2D eigenvalue weighted by Gasteiger charge is 2.16. The van der Waals surface area contributed by atoms with E-state index in [-0.39, 0.29) is 0 Å². The Balaban J connectivity index is 1.48. The van der Waals surface area contributed by atoms with Gasteiger partial charge in [0, 0.05) is 13.1 Å². The molecule has 4 heteroatoms. The summed E-state index contributed by atoms with van der Waals surface area (Å²) in [4.78, 5) is 2.43. The van der Waals surface area contributed by atoms with Gasteiger partial charge < -0.3 is 19.7 Å². The first-order chi connectivity index (χ1) is 9.81. The van der Waals surface area contributed by atoms with Gasteiger partial charge in [-0.3, -0.25) is 0 Å². The van der Waals surface area contributed by atoms with Crippen LogP contribution in [0.5, 0.6) is 11.5 Å². The van der Waals surface area contributed by atoms with Gasteiger partial charge in [-0.15, -0.1) is 0 Å². The van der Waals surface area contributed by atoms with Gasteiger partial charge in [-0.2, -0.15) is 0 Å². The van der Waals surface area contributed by atoms with E-state index in [0.717, 1.165) is 30.5 Å².